The van der Waals surface area contributed by atoms with Crippen molar-refractivity contribution < 1.29 is 0 Å². The molecule has 0 saturated carbocycles. The van der Waals surface area contributed by atoms with Crippen LogP contribution in [0.15, 0.2) is 76.6 Å². The molecule has 3 heteroatoms. The third-order valence-corrected chi connectivity index (χ3v) is 5.76. The largest absolute Gasteiger partial charge is 0.178 e. The van der Waals surface area contributed by atoms with E-state index in [1.54, 1.807) is 0 Å². The van der Waals surface area contributed by atoms with Crippen molar-refractivity contribution in [3.05, 3.63) is 82.5 Å². The zero-order valence-corrected chi connectivity index (χ0v) is 16.0. The minimum absolute atomic E-state index is 0.280. The van der Waals surface area contributed by atoms with E-state index in [4.69, 9.17) is 11.6 Å². The summed E-state index contributed by atoms with van der Waals surface area (Å²) in [6, 6.07) is 19.0. The van der Waals surface area contributed by atoms with Crippen molar-refractivity contribution in [2.75, 3.05) is 0 Å². The predicted octanol–water partition coefficient (Wildman–Crippen LogP) is 6.99. The Balaban J connectivity index is 2.03. The molecule has 2 nitrogen and oxygen atoms in total. The highest BCUT2D eigenvalue weighted by Gasteiger charge is 2.40. The molecule has 0 aromatic heterocycles. The minimum Gasteiger partial charge on any atom is -0.178 e. The summed E-state index contributed by atoms with van der Waals surface area (Å²) >= 11 is 6.12. The van der Waals surface area contributed by atoms with Crippen LogP contribution in [0.3, 0.4) is 0 Å². The third kappa shape index (κ3) is 3.69. The second kappa shape index (κ2) is 7.13. The van der Waals surface area contributed by atoms with Crippen LogP contribution in [-0.4, -0.2) is 5.54 Å². The molecule has 0 spiro atoms. The Morgan fingerprint density at radius 2 is 1.56 bits per heavy atom. The van der Waals surface area contributed by atoms with Crippen molar-refractivity contribution in [1.29, 1.82) is 0 Å². The van der Waals surface area contributed by atoms with E-state index >= 15 is 0 Å². The van der Waals surface area contributed by atoms with Gasteiger partial charge in [0, 0.05) is 5.02 Å². The fraction of sp³-hybridized carbons (Fsp3) is 0.364. The molecule has 0 aliphatic carbocycles. The quantitative estimate of drug-likeness (QED) is 0.553. The number of rotatable bonds is 5. The van der Waals surface area contributed by atoms with Gasteiger partial charge in [0.1, 0.15) is 5.54 Å². The molecule has 1 heterocycles. The lowest BCUT2D eigenvalue weighted by molar-refractivity contribution is 0.298. The molecule has 0 fully saturated rings. The first kappa shape index (κ1) is 17.9. The first-order valence-corrected chi connectivity index (χ1v) is 9.21. The Hall–Kier alpha value is -1.93. The van der Waals surface area contributed by atoms with Crippen LogP contribution < -0.4 is 0 Å². The Kier molecular flexibility index (Phi) is 5.10. The van der Waals surface area contributed by atoms with Crippen LogP contribution in [0, 0.1) is 5.92 Å². The van der Waals surface area contributed by atoms with Crippen LogP contribution >= 0.6 is 11.6 Å². The number of hydrogen-bond acceptors (Lipinski definition) is 2. The highest BCUT2D eigenvalue weighted by molar-refractivity contribution is 6.30. The van der Waals surface area contributed by atoms with Gasteiger partial charge in [-0.1, -0.05) is 67.9 Å². The summed E-state index contributed by atoms with van der Waals surface area (Å²) < 4.78 is 0. The first-order chi connectivity index (χ1) is 11.9. The third-order valence-electron chi connectivity index (χ3n) is 5.50. The van der Waals surface area contributed by atoms with Gasteiger partial charge in [-0.05, 0) is 60.9 Å². The highest BCUT2D eigenvalue weighted by atomic mass is 35.5. The van der Waals surface area contributed by atoms with Crippen molar-refractivity contribution in [2.24, 2.45) is 16.1 Å². The Labute approximate surface area is 155 Å². The van der Waals surface area contributed by atoms with E-state index in [2.05, 4.69) is 79.5 Å². The first-order valence-electron chi connectivity index (χ1n) is 8.83. The number of nitrogens with zero attached hydrogens (tertiary/aromatic N) is 2. The summed E-state index contributed by atoms with van der Waals surface area (Å²) in [6.07, 6.45) is 2.19. The van der Waals surface area contributed by atoms with Crippen molar-refractivity contribution in [3.63, 3.8) is 0 Å². The summed E-state index contributed by atoms with van der Waals surface area (Å²) in [5.74, 6) is 0.967. The molecule has 130 valence electrons. The molecule has 1 aliphatic heterocycles. The summed E-state index contributed by atoms with van der Waals surface area (Å²) in [4.78, 5) is 0. The van der Waals surface area contributed by atoms with E-state index in [9.17, 15) is 0 Å². The monoisotopic (exact) mass is 352 g/mol. The number of hydrogen-bond donors (Lipinski definition) is 0. The molecule has 25 heavy (non-hydrogen) atoms. The molecular weight excluding hydrogens is 328 g/mol. The smallest absolute Gasteiger partial charge is 0.102 e. The lowest BCUT2D eigenvalue weighted by Crippen LogP contribution is -2.34. The van der Waals surface area contributed by atoms with Gasteiger partial charge in [-0.15, -0.1) is 0 Å². The normalized spacial score (nSPS) is 23.2. The van der Waals surface area contributed by atoms with E-state index < -0.39 is 0 Å². The maximum Gasteiger partial charge on any atom is 0.102 e. The van der Waals surface area contributed by atoms with Gasteiger partial charge >= 0.3 is 0 Å². The van der Waals surface area contributed by atoms with Gasteiger partial charge in [0.05, 0.1) is 5.70 Å². The fourth-order valence-corrected chi connectivity index (χ4v) is 4.04. The Morgan fingerprint density at radius 3 is 2.12 bits per heavy atom. The zero-order valence-electron chi connectivity index (χ0n) is 15.3. The summed E-state index contributed by atoms with van der Waals surface area (Å²) in [5, 5.41) is 9.66. The molecule has 2 aromatic carbocycles. The lowest BCUT2D eigenvalue weighted by atomic mass is 9.68. The van der Waals surface area contributed by atoms with Gasteiger partial charge in [-0.2, -0.15) is 10.2 Å². The SMILES string of the molecule is CC1=CC(C)(C(C)C(c2ccc(Cl)cc2)C(C)c2ccccc2)N=N1. The molecule has 4 atom stereocenters. The standard InChI is InChI=1S/C22H25ClN2/c1-15-14-22(4,25-24-15)17(3)21(19-10-12-20(23)13-11-19)16(2)18-8-6-5-7-9-18/h5-14,16-17,21H,1-4H3. The van der Waals surface area contributed by atoms with Crippen LogP contribution in [0.25, 0.3) is 0 Å². The summed E-state index contributed by atoms with van der Waals surface area (Å²) in [6.45, 7) is 8.78. The van der Waals surface area contributed by atoms with Gasteiger partial charge in [0.15, 0.2) is 0 Å². The Bertz CT molecular complexity index is 779. The van der Waals surface area contributed by atoms with Gasteiger partial charge < -0.3 is 0 Å². The van der Waals surface area contributed by atoms with Crippen LogP contribution in [-0.2, 0) is 0 Å². The van der Waals surface area contributed by atoms with E-state index in [0.29, 0.717) is 17.8 Å². The molecule has 0 bridgehead atoms. The van der Waals surface area contributed by atoms with Crippen molar-refractivity contribution in [1.82, 2.24) is 0 Å². The topological polar surface area (TPSA) is 24.7 Å². The number of halogens is 1. The van der Waals surface area contributed by atoms with Gasteiger partial charge in [0.25, 0.3) is 0 Å². The second-order valence-corrected chi connectivity index (χ2v) is 7.71. The maximum absolute atomic E-state index is 6.12. The van der Waals surface area contributed by atoms with E-state index in [1.807, 2.05) is 19.1 Å². The number of benzene rings is 2. The average Bonchev–Trinajstić information content (AvgIpc) is 2.97. The van der Waals surface area contributed by atoms with E-state index in [-0.39, 0.29) is 5.54 Å². The molecule has 2 aromatic rings. The van der Waals surface area contributed by atoms with Crippen LogP contribution in [0.4, 0.5) is 0 Å². The van der Waals surface area contributed by atoms with E-state index in [1.165, 1.54) is 11.1 Å². The highest BCUT2D eigenvalue weighted by Crippen LogP contribution is 2.46. The van der Waals surface area contributed by atoms with Gasteiger partial charge in [0.2, 0.25) is 0 Å². The van der Waals surface area contributed by atoms with Crippen LogP contribution in [0.5, 0.6) is 0 Å². The van der Waals surface area contributed by atoms with Crippen molar-refractivity contribution in [2.45, 2.75) is 45.1 Å². The van der Waals surface area contributed by atoms with Gasteiger partial charge in [-0.3, -0.25) is 0 Å². The summed E-state index contributed by atoms with van der Waals surface area (Å²) in [7, 11) is 0. The fourth-order valence-electron chi connectivity index (χ4n) is 3.91. The molecule has 4 unspecified atom stereocenters. The van der Waals surface area contributed by atoms with Crippen LogP contribution in [0.1, 0.15) is 50.7 Å². The van der Waals surface area contributed by atoms with Crippen molar-refractivity contribution in [3.8, 4) is 0 Å². The second-order valence-electron chi connectivity index (χ2n) is 7.28. The zero-order chi connectivity index (χ0) is 18.0. The molecule has 0 radical (unpaired) electrons. The minimum atomic E-state index is -0.280. The van der Waals surface area contributed by atoms with E-state index in [0.717, 1.165) is 10.7 Å². The molecular formula is C22H25ClN2. The molecule has 0 amide bonds. The molecule has 1 aliphatic rings. The molecule has 3 rings (SSSR count). The molecule has 0 saturated heterocycles. The Morgan fingerprint density at radius 1 is 0.920 bits per heavy atom. The predicted molar refractivity (Wildman–Crippen MR) is 105 cm³/mol. The molecule has 0 N–H and O–H groups in total. The summed E-state index contributed by atoms with van der Waals surface area (Å²) in [5.41, 5.74) is 3.35. The number of azo groups is 1. The van der Waals surface area contributed by atoms with Crippen LogP contribution in [0.2, 0.25) is 5.02 Å². The lowest BCUT2D eigenvalue weighted by Gasteiger charge is -2.37. The maximum atomic E-state index is 6.12. The van der Waals surface area contributed by atoms with Gasteiger partial charge in [-0.25, -0.2) is 0 Å². The average molecular weight is 353 g/mol. The van der Waals surface area contributed by atoms with Crippen molar-refractivity contribution >= 4 is 11.6 Å². The number of allylic oxidation sites excluding steroid dienone is 1.